The first kappa shape index (κ1) is 15.6. The lowest BCUT2D eigenvalue weighted by Crippen LogP contribution is -1.97. The first-order valence-corrected chi connectivity index (χ1v) is 7.66. The van der Waals surface area contributed by atoms with E-state index in [-0.39, 0.29) is 0 Å². The van der Waals surface area contributed by atoms with E-state index in [9.17, 15) is 5.26 Å². The molecular weight excluding hydrogens is 298 g/mol. The van der Waals surface area contributed by atoms with Crippen molar-refractivity contribution < 1.29 is 9.47 Å². The molecule has 118 valence electrons. The molecule has 3 heteroatoms. The van der Waals surface area contributed by atoms with E-state index < -0.39 is 0 Å². The van der Waals surface area contributed by atoms with Gasteiger partial charge in [0.1, 0.15) is 24.2 Å². The van der Waals surface area contributed by atoms with Crippen LogP contribution < -0.4 is 9.47 Å². The Labute approximate surface area is 141 Å². The van der Waals surface area contributed by atoms with Crippen molar-refractivity contribution in [2.45, 2.75) is 6.61 Å². The van der Waals surface area contributed by atoms with Gasteiger partial charge >= 0.3 is 0 Å². The molecule has 3 nitrogen and oxygen atoms in total. The summed E-state index contributed by atoms with van der Waals surface area (Å²) in [7, 11) is 1.64. The first-order chi connectivity index (χ1) is 11.8. The minimum Gasteiger partial charge on any atom is -0.496 e. The van der Waals surface area contributed by atoms with Crippen molar-refractivity contribution in [3.05, 3.63) is 83.9 Å². The molecule has 0 atom stereocenters. The minimum atomic E-state index is 0.434. The Morgan fingerprint density at radius 1 is 0.875 bits per heavy atom. The van der Waals surface area contributed by atoms with Crippen LogP contribution >= 0.6 is 0 Å². The molecule has 0 aliphatic carbocycles. The summed E-state index contributed by atoms with van der Waals surface area (Å²) in [5.74, 6) is 1.36. The van der Waals surface area contributed by atoms with Gasteiger partial charge in [0.2, 0.25) is 0 Å². The lowest BCUT2D eigenvalue weighted by molar-refractivity contribution is 0.305. The third kappa shape index (κ3) is 3.39. The van der Waals surface area contributed by atoms with Crippen LogP contribution in [0.1, 0.15) is 11.1 Å². The number of hydrogen-bond donors (Lipinski definition) is 0. The molecule has 0 aliphatic rings. The second kappa shape index (κ2) is 7.34. The number of benzene rings is 3. The molecule has 24 heavy (non-hydrogen) atoms. The lowest BCUT2D eigenvalue weighted by Gasteiger charge is -2.12. The van der Waals surface area contributed by atoms with Crippen LogP contribution in [0.25, 0.3) is 11.1 Å². The second-order valence-electron chi connectivity index (χ2n) is 5.30. The summed E-state index contributed by atoms with van der Waals surface area (Å²) < 4.78 is 11.2. The van der Waals surface area contributed by atoms with Crippen LogP contribution in [-0.4, -0.2) is 7.11 Å². The zero-order chi connectivity index (χ0) is 16.8. The van der Waals surface area contributed by atoms with Gasteiger partial charge in [-0.2, -0.15) is 5.26 Å². The van der Waals surface area contributed by atoms with Crippen molar-refractivity contribution in [2.24, 2.45) is 0 Å². The Morgan fingerprint density at radius 3 is 2.38 bits per heavy atom. The number of ether oxygens (including phenoxy) is 2. The number of hydrogen-bond acceptors (Lipinski definition) is 3. The third-order valence-electron chi connectivity index (χ3n) is 3.76. The fourth-order valence-electron chi connectivity index (χ4n) is 2.53. The molecule has 0 amide bonds. The van der Waals surface area contributed by atoms with Crippen LogP contribution in [-0.2, 0) is 6.61 Å². The van der Waals surface area contributed by atoms with E-state index in [1.54, 1.807) is 7.11 Å². The molecular formula is C21H17NO2. The summed E-state index contributed by atoms with van der Waals surface area (Å²) in [6.45, 7) is 0.434. The van der Waals surface area contributed by atoms with Crippen LogP contribution in [0.5, 0.6) is 11.5 Å². The Hall–Kier alpha value is -3.25. The minimum absolute atomic E-state index is 0.434. The maximum Gasteiger partial charge on any atom is 0.137 e. The van der Waals surface area contributed by atoms with Crippen LogP contribution in [0, 0.1) is 11.3 Å². The molecule has 0 heterocycles. The van der Waals surface area contributed by atoms with Gasteiger partial charge in [-0.25, -0.2) is 0 Å². The van der Waals surface area contributed by atoms with Gasteiger partial charge in [0.25, 0.3) is 0 Å². The Bertz CT molecular complexity index is 867. The number of methoxy groups -OCH3 is 1. The summed E-state index contributed by atoms with van der Waals surface area (Å²) in [4.78, 5) is 0. The highest BCUT2D eigenvalue weighted by molar-refractivity contribution is 5.72. The fraction of sp³-hybridized carbons (Fsp3) is 0.0952. The number of nitrogens with zero attached hydrogens (tertiary/aromatic N) is 1. The second-order valence-corrected chi connectivity index (χ2v) is 5.30. The molecule has 0 fully saturated rings. The van der Waals surface area contributed by atoms with E-state index in [0.717, 1.165) is 22.4 Å². The van der Waals surface area contributed by atoms with Gasteiger partial charge < -0.3 is 9.47 Å². The topological polar surface area (TPSA) is 42.2 Å². The molecule has 0 spiro atoms. The van der Waals surface area contributed by atoms with E-state index in [0.29, 0.717) is 17.9 Å². The van der Waals surface area contributed by atoms with Crippen LogP contribution in [0.15, 0.2) is 72.8 Å². The molecule has 3 rings (SSSR count). The molecule has 3 aromatic carbocycles. The van der Waals surface area contributed by atoms with Gasteiger partial charge in [-0.3, -0.25) is 0 Å². The van der Waals surface area contributed by atoms with Crippen LogP contribution in [0.2, 0.25) is 0 Å². The zero-order valence-electron chi connectivity index (χ0n) is 13.4. The predicted molar refractivity (Wildman–Crippen MR) is 93.9 cm³/mol. The standard InChI is InChI=1S/C21H17NO2/c1-23-21-10-6-5-9-19(21)17-11-12-20(18(13-17)14-22)24-15-16-7-3-2-4-8-16/h2-13H,15H2,1H3. The van der Waals surface area contributed by atoms with Gasteiger partial charge in [-0.05, 0) is 29.3 Å². The molecule has 0 N–H and O–H groups in total. The third-order valence-corrected chi connectivity index (χ3v) is 3.76. The molecule has 0 aliphatic heterocycles. The van der Waals surface area contributed by atoms with Crippen molar-refractivity contribution in [3.8, 4) is 28.7 Å². The number of para-hydroxylation sites is 1. The highest BCUT2D eigenvalue weighted by atomic mass is 16.5. The van der Waals surface area contributed by atoms with Gasteiger partial charge in [-0.15, -0.1) is 0 Å². The van der Waals surface area contributed by atoms with Crippen molar-refractivity contribution in [1.29, 1.82) is 5.26 Å². The van der Waals surface area contributed by atoms with E-state index >= 15 is 0 Å². The smallest absolute Gasteiger partial charge is 0.137 e. The lowest BCUT2D eigenvalue weighted by atomic mass is 10.0. The number of rotatable bonds is 5. The summed E-state index contributed by atoms with van der Waals surface area (Å²) in [6, 6.07) is 25.5. The Kier molecular flexibility index (Phi) is 4.78. The molecule has 3 aromatic rings. The maximum absolute atomic E-state index is 9.45. The highest BCUT2D eigenvalue weighted by Crippen LogP contribution is 2.32. The van der Waals surface area contributed by atoms with Crippen molar-refractivity contribution >= 4 is 0 Å². The molecule has 0 bridgehead atoms. The highest BCUT2D eigenvalue weighted by Gasteiger charge is 2.10. The SMILES string of the molecule is COc1ccccc1-c1ccc(OCc2ccccc2)c(C#N)c1. The van der Waals surface area contributed by atoms with Gasteiger partial charge in [-0.1, -0.05) is 54.6 Å². The maximum atomic E-state index is 9.45. The summed E-state index contributed by atoms with van der Waals surface area (Å²) in [6.07, 6.45) is 0. The summed E-state index contributed by atoms with van der Waals surface area (Å²) in [5, 5.41) is 9.45. The average molecular weight is 315 g/mol. The largest absolute Gasteiger partial charge is 0.496 e. The van der Waals surface area contributed by atoms with Crippen molar-refractivity contribution in [2.75, 3.05) is 7.11 Å². The molecule has 0 saturated heterocycles. The number of nitriles is 1. The molecule has 0 aromatic heterocycles. The Balaban J connectivity index is 1.87. The van der Waals surface area contributed by atoms with Gasteiger partial charge in [0, 0.05) is 5.56 Å². The van der Waals surface area contributed by atoms with E-state index in [2.05, 4.69) is 6.07 Å². The molecule has 0 unspecified atom stereocenters. The van der Waals surface area contributed by atoms with Crippen molar-refractivity contribution in [1.82, 2.24) is 0 Å². The predicted octanol–water partition coefficient (Wildman–Crippen LogP) is 4.81. The summed E-state index contributed by atoms with van der Waals surface area (Å²) in [5.41, 5.74) is 3.45. The van der Waals surface area contributed by atoms with E-state index in [1.165, 1.54) is 0 Å². The van der Waals surface area contributed by atoms with Crippen LogP contribution in [0.3, 0.4) is 0 Å². The first-order valence-electron chi connectivity index (χ1n) is 7.66. The Morgan fingerprint density at radius 2 is 1.62 bits per heavy atom. The molecule has 0 radical (unpaired) electrons. The zero-order valence-corrected chi connectivity index (χ0v) is 13.4. The van der Waals surface area contributed by atoms with Crippen molar-refractivity contribution in [3.63, 3.8) is 0 Å². The average Bonchev–Trinajstić information content (AvgIpc) is 2.67. The molecule has 0 saturated carbocycles. The summed E-state index contributed by atoms with van der Waals surface area (Å²) >= 11 is 0. The monoisotopic (exact) mass is 315 g/mol. The van der Waals surface area contributed by atoms with Gasteiger partial charge in [0.15, 0.2) is 0 Å². The van der Waals surface area contributed by atoms with E-state index in [1.807, 2.05) is 72.8 Å². The fourth-order valence-corrected chi connectivity index (χ4v) is 2.53. The van der Waals surface area contributed by atoms with Gasteiger partial charge in [0.05, 0.1) is 12.7 Å². The quantitative estimate of drug-likeness (QED) is 0.678. The normalized spacial score (nSPS) is 10.0. The van der Waals surface area contributed by atoms with E-state index in [4.69, 9.17) is 9.47 Å². The van der Waals surface area contributed by atoms with Crippen LogP contribution in [0.4, 0.5) is 0 Å².